The Kier molecular flexibility index (Phi) is 7.09. The number of pyridine rings is 2. The van der Waals surface area contributed by atoms with Gasteiger partial charge in [-0.15, -0.1) is 0 Å². The zero-order valence-corrected chi connectivity index (χ0v) is 23.7. The summed E-state index contributed by atoms with van der Waals surface area (Å²) in [5, 5.41) is 9.12. The fourth-order valence-electron chi connectivity index (χ4n) is 5.49. The molecule has 1 aliphatic rings. The summed E-state index contributed by atoms with van der Waals surface area (Å²) in [7, 11) is 0. The van der Waals surface area contributed by atoms with Crippen LogP contribution in [0.2, 0.25) is 0 Å². The SMILES string of the molecule is N#Cc1nccc(N2CCN(Cc3ccc(-n4c(-c5cccnc5N)nc5ccc(-c6ccc(F)cc6)nc54)cc3)CC2)n1. The van der Waals surface area contributed by atoms with Crippen molar-refractivity contribution in [1.29, 1.82) is 5.26 Å². The minimum absolute atomic E-state index is 0.187. The molecule has 0 bridgehead atoms. The quantitative estimate of drug-likeness (QED) is 0.293. The van der Waals surface area contributed by atoms with Gasteiger partial charge in [-0.2, -0.15) is 5.26 Å². The molecule has 5 heterocycles. The molecule has 0 atom stereocenters. The van der Waals surface area contributed by atoms with Crippen molar-refractivity contribution >= 4 is 22.8 Å². The lowest BCUT2D eigenvalue weighted by Gasteiger charge is -2.35. The van der Waals surface area contributed by atoms with Crippen LogP contribution < -0.4 is 10.6 Å². The number of hydrogen-bond acceptors (Lipinski definition) is 9. The molecule has 0 spiro atoms. The van der Waals surface area contributed by atoms with Crippen molar-refractivity contribution in [2.24, 2.45) is 0 Å². The van der Waals surface area contributed by atoms with Gasteiger partial charge in [-0.1, -0.05) is 12.1 Å². The maximum Gasteiger partial charge on any atom is 0.234 e. The van der Waals surface area contributed by atoms with E-state index in [0.717, 1.165) is 49.8 Å². The second kappa shape index (κ2) is 11.5. The van der Waals surface area contributed by atoms with Gasteiger partial charge in [0.2, 0.25) is 5.82 Å². The van der Waals surface area contributed by atoms with Crippen molar-refractivity contribution < 1.29 is 4.39 Å². The minimum Gasteiger partial charge on any atom is -0.383 e. The van der Waals surface area contributed by atoms with E-state index >= 15 is 0 Å². The summed E-state index contributed by atoms with van der Waals surface area (Å²) in [5.41, 5.74) is 12.0. The van der Waals surface area contributed by atoms with Crippen molar-refractivity contribution in [2.75, 3.05) is 36.8 Å². The molecule has 1 aliphatic heterocycles. The van der Waals surface area contributed by atoms with Gasteiger partial charge >= 0.3 is 0 Å². The van der Waals surface area contributed by atoms with Crippen molar-refractivity contribution in [1.82, 2.24) is 34.4 Å². The number of rotatable bonds is 6. The molecule has 6 aromatic rings. The minimum atomic E-state index is -0.295. The Hall–Kier alpha value is -5.73. The summed E-state index contributed by atoms with van der Waals surface area (Å²) >= 11 is 0. The largest absolute Gasteiger partial charge is 0.383 e. The lowest BCUT2D eigenvalue weighted by atomic mass is 10.1. The summed E-state index contributed by atoms with van der Waals surface area (Å²) in [6, 6.07) is 26.1. The summed E-state index contributed by atoms with van der Waals surface area (Å²) in [4.78, 5) is 27.1. The van der Waals surface area contributed by atoms with Crippen LogP contribution in [-0.4, -0.2) is 60.6 Å². The molecule has 1 saturated heterocycles. The first-order valence-corrected chi connectivity index (χ1v) is 14.2. The molecule has 44 heavy (non-hydrogen) atoms. The zero-order valence-electron chi connectivity index (χ0n) is 23.7. The molecule has 2 aromatic carbocycles. The third kappa shape index (κ3) is 5.30. The summed E-state index contributed by atoms with van der Waals surface area (Å²) in [5.74, 6) is 1.70. The number of halogens is 1. The molecule has 7 rings (SSSR count). The molecule has 0 amide bonds. The average molecular weight is 583 g/mol. The van der Waals surface area contributed by atoms with Crippen LogP contribution in [0.15, 0.2) is 91.3 Å². The number of anilines is 2. The normalized spacial score (nSPS) is 13.7. The van der Waals surface area contributed by atoms with Gasteiger partial charge in [-0.05, 0) is 72.3 Å². The number of piperazine rings is 1. The molecule has 4 aromatic heterocycles. The smallest absolute Gasteiger partial charge is 0.234 e. The zero-order chi connectivity index (χ0) is 30.0. The third-order valence-corrected chi connectivity index (χ3v) is 7.76. The van der Waals surface area contributed by atoms with Crippen molar-refractivity contribution in [3.8, 4) is 34.4 Å². The number of imidazole rings is 1. The van der Waals surface area contributed by atoms with Gasteiger partial charge in [0.05, 0.1) is 11.3 Å². The highest BCUT2D eigenvalue weighted by molar-refractivity contribution is 5.84. The van der Waals surface area contributed by atoms with E-state index in [9.17, 15) is 4.39 Å². The first-order valence-electron chi connectivity index (χ1n) is 14.2. The molecule has 216 valence electrons. The highest BCUT2D eigenvalue weighted by atomic mass is 19.1. The van der Waals surface area contributed by atoms with Gasteiger partial charge in [-0.3, -0.25) is 9.47 Å². The Morgan fingerprint density at radius 1 is 0.818 bits per heavy atom. The standard InChI is InChI=1S/C33H27FN10/c34-24-7-5-23(6-8-24)27-11-12-28-33(39-27)44(32(40-28)26-2-1-14-38-31(26)36)25-9-3-22(4-10-25)21-42-16-18-43(19-17-42)30-13-15-37-29(20-35)41-30/h1-15H,16-19,21H2,(H2,36,38). The number of aromatic nitrogens is 6. The predicted octanol–water partition coefficient (Wildman–Crippen LogP) is 4.85. The number of nitrogens with zero attached hydrogens (tertiary/aromatic N) is 9. The van der Waals surface area contributed by atoms with Crippen LogP contribution in [0, 0.1) is 17.1 Å². The summed E-state index contributed by atoms with van der Waals surface area (Å²) in [6.07, 6.45) is 3.29. The van der Waals surface area contributed by atoms with Crippen LogP contribution in [0.1, 0.15) is 11.4 Å². The lowest BCUT2D eigenvalue weighted by Crippen LogP contribution is -2.46. The Bertz CT molecular complexity index is 1990. The van der Waals surface area contributed by atoms with E-state index in [1.54, 1.807) is 24.5 Å². The molecular formula is C33H27FN10. The van der Waals surface area contributed by atoms with E-state index in [1.807, 2.05) is 41.0 Å². The molecular weight excluding hydrogens is 555 g/mol. The molecule has 0 saturated carbocycles. The van der Waals surface area contributed by atoms with Crippen molar-refractivity contribution in [3.63, 3.8) is 0 Å². The van der Waals surface area contributed by atoms with Gasteiger partial charge < -0.3 is 10.6 Å². The van der Waals surface area contributed by atoms with E-state index in [0.29, 0.717) is 34.1 Å². The molecule has 1 fully saturated rings. The summed E-state index contributed by atoms with van der Waals surface area (Å²) < 4.78 is 15.6. The molecule has 0 radical (unpaired) electrons. The molecule has 2 N–H and O–H groups in total. The number of nitriles is 1. The topological polar surface area (TPSA) is 126 Å². The Morgan fingerprint density at radius 2 is 1.61 bits per heavy atom. The number of benzene rings is 2. The fraction of sp³-hybridized carbons (Fsp3) is 0.152. The molecule has 0 aliphatic carbocycles. The number of nitrogen functional groups attached to an aromatic ring is 1. The van der Waals surface area contributed by atoms with Gasteiger partial charge in [0.25, 0.3) is 0 Å². The number of nitrogens with two attached hydrogens (primary N) is 1. The van der Waals surface area contributed by atoms with E-state index in [1.165, 1.54) is 17.7 Å². The molecule has 0 unspecified atom stereocenters. The van der Waals surface area contributed by atoms with Crippen LogP contribution in [0.3, 0.4) is 0 Å². The van der Waals surface area contributed by atoms with Crippen molar-refractivity contribution in [2.45, 2.75) is 6.54 Å². The molecule has 10 nitrogen and oxygen atoms in total. The van der Waals surface area contributed by atoms with E-state index in [-0.39, 0.29) is 11.6 Å². The second-order valence-corrected chi connectivity index (χ2v) is 10.5. The van der Waals surface area contributed by atoms with Gasteiger partial charge in [-0.25, -0.2) is 29.3 Å². The van der Waals surface area contributed by atoms with Crippen LogP contribution >= 0.6 is 0 Å². The van der Waals surface area contributed by atoms with Gasteiger partial charge in [0, 0.05) is 56.4 Å². The first kappa shape index (κ1) is 27.1. The van der Waals surface area contributed by atoms with Crippen molar-refractivity contribution in [3.05, 3.63) is 108 Å². The van der Waals surface area contributed by atoms with Crippen LogP contribution in [-0.2, 0) is 6.54 Å². The number of fused-ring (bicyclic) bond motifs is 1. The van der Waals surface area contributed by atoms with Crippen LogP contribution in [0.4, 0.5) is 16.0 Å². The van der Waals surface area contributed by atoms with Gasteiger partial charge in [0.15, 0.2) is 11.5 Å². The maximum absolute atomic E-state index is 13.6. The van der Waals surface area contributed by atoms with Crippen LogP contribution in [0.25, 0.3) is 39.5 Å². The lowest BCUT2D eigenvalue weighted by molar-refractivity contribution is 0.249. The van der Waals surface area contributed by atoms with E-state index < -0.39 is 0 Å². The maximum atomic E-state index is 13.6. The summed E-state index contributed by atoms with van der Waals surface area (Å²) in [6.45, 7) is 4.19. The van der Waals surface area contributed by atoms with E-state index in [2.05, 4.69) is 49.0 Å². The fourth-order valence-corrected chi connectivity index (χ4v) is 5.49. The van der Waals surface area contributed by atoms with E-state index in [4.69, 9.17) is 21.0 Å². The Morgan fingerprint density at radius 3 is 2.36 bits per heavy atom. The van der Waals surface area contributed by atoms with Crippen LogP contribution in [0.5, 0.6) is 0 Å². The predicted molar refractivity (Wildman–Crippen MR) is 166 cm³/mol. The highest BCUT2D eigenvalue weighted by Gasteiger charge is 2.21. The Balaban J connectivity index is 1.17. The highest BCUT2D eigenvalue weighted by Crippen LogP contribution is 2.32. The third-order valence-electron chi connectivity index (χ3n) is 7.76. The van der Waals surface area contributed by atoms with Gasteiger partial charge in [0.1, 0.15) is 29.0 Å². The first-order chi connectivity index (χ1) is 21.6. The monoisotopic (exact) mass is 582 g/mol. The second-order valence-electron chi connectivity index (χ2n) is 10.5. The number of hydrogen-bond donors (Lipinski definition) is 1. The molecule has 11 heteroatoms. The Labute approximate surface area is 252 Å². The average Bonchev–Trinajstić information content (AvgIpc) is 3.44.